The van der Waals surface area contributed by atoms with Crippen LogP contribution in [0.2, 0.25) is 0 Å². The third-order valence-corrected chi connectivity index (χ3v) is 3.34. The number of ether oxygens (including phenoxy) is 2. The Morgan fingerprint density at radius 3 is 2.15 bits per heavy atom. The van der Waals surface area contributed by atoms with E-state index in [1.165, 1.54) is 14.0 Å². The summed E-state index contributed by atoms with van der Waals surface area (Å²) in [7, 11) is 1.54. The van der Waals surface area contributed by atoms with Crippen molar-refractivity contribution >= 4 is 18.0 Å². The molecule has 0 saturated carbocycles. The van der Waals surface area contributed by atoms with Crippen molar-refractivity contribution in [2.75, 3.05) is 7.11 Å². The van der Waals surface area contributed by atoms with Crippen molar-refractivity contribution in [1.82, 2.24) is 10.6 Å². The first-order valence-electron chi connectivity index (χ1n) is 8.17. The third-order valence-electron chi connectivity index (χ3n) is 3.34. The molecule has 2 unspecified atom stereocenters. The van der Waals surface area contributed by atoms with Gasteiger partial charge in [0.25, 0.3) is 0 Å². The molecule has 26 heavy (non-hydrogen) atoms. The molecule has 0 aromatic heterocycles. The van der Waals surface area contributed by atoms with Crippen molar-refractivity contribution in [3.63, 3.8) is 0 Å². The number of amides is 2. The maximum Gasteiger partial charge on any atom is 0.408 e. The molecule has 1 aromatic rings. The Bertz CT molecular complexity index is 636. The molecular formula is C18H26N2O6. The van der Waals surface area contributed by atoms with Gasteiger partial charge in [0.05, 0.1) is 7.11 Å². The van der Waals surface area contributed by atoms with Crippen LogP contribution in [0, 0.1) is 0 Å². The largest absolute Gasteiger partial charge is 0.497 e. The molecule has 0 saturated heterocycles. The zero-order valence-corrected chi connectivity index (χ0v) is 15.7. The van der Waals surface area contributed by atoms with E-state index in [-0.39, 0.29) is 6.42 Å². The first-order valence-corrected chi connectivity index (χ1v) is 8.17. The number of aliphatic carboxylic acids is 1. The molecule has 0 aliphatic carbocycles. The minimum absolute atomic E-state index is 0.101. The van der Waals surface area contributed by atoms with Gasteiger partial charge in [-0.25, -0.2) is 9.59 Å². The van der Waals surface area contributed by atoms with Gasteiger partial charge < -0.3 is 25.2 Å². The second-order valence-electron chi connectivity index (χ2n) is 6.82. The molecule has 0 radical (unpaired) electrons. The second kappa shape index (κ2) is 9.07. The van der Waals surface area contributed by atoms with E-state index in [1.54, 1.807) is 45.0 Å². The average molecular weight is 366 g/mol. The maximum absolute atomic E-state index is 12.2. The topological polar surface area (TPSA) is 114 Å². The van der Waals surface area contributed by atoms with Crippen LogP contribution in [0.15, 0.2) is 24.3 Å². The van der Waals surface area contributed by atoms with Crippen molar-refractivity contribution in [2.45, 2.75) is 51.8 Å². The minimum Gasteiger partial charge on any atom is -0.497 e. The summed E-state index contributed by atoms with van der Waals surface area (Å²) >= 11 is 0. The highest BCUT2D eigenvalue weighted by Crippen LogP contribution is 2.13. The van der Waals surface area contributed by atoms with E-state index in [1.807, 2.05) is 0 Å². The van der Waals surface area contributed by atoms with Gasteiger partial charge in [-0.05, 0) is 45.4 Å². The van der Waals surface area contributed by atoms with E-state index in [4.69, 9.17) is 9.47 Å². The van der Waals surface area contributed by atoms with Crippen molar-refractivity contribution in [2.24, 2.45) is 0 Å². The van der Waals surface area contributed by atoms with Crippen LogP contribution in [0.5, 0.6) is 5.75 Å². The number of rotatable bonds is 7. The molecule has 2 amide bonds. The molecule has 1 aromatic carbocycles. The quantitative estimate of drug-likeness (QED) is 0.677. The van der Waals surface area contributed by atoms with Crippen LogP contribution in [0.4, 0.5) is 4.79 Å². The van der Waals surface area contributed by atoms with Crippen molar-refractivity contribution in [3.05, 3.63) is 29.8 Å². The molecule has 0 spiro atoms. The van der Waals surface area contributed by atoms with E-state index < -0.39 is 35.7 Å². The normalized spacial score (nSPS) is 13.3. The van der Waals surface area contributed by atoms with Gasteiger partial charge in [-0.1, -0.05) is 12.1 Å². The lowest BCUT2D eigenvalue weighted by atomic mass is 10.1. The predicted octanol–water partition coefficient (Wildman–Crippen LogP) is 1.72. The summed E-state index contributed by atoms with van der Waals surface area (Å²) in [5.74, 6) is -1.13. The summed E-state index contributed by atoms with van der Waals surface area (Å²) in [5.41, 5.74) is 0.0318. The van der Waals surface area contributed by atoms with Crippen LogP contribution < -0.4 is 15.4 Å². The molecule has 8 nitrogen and oxygen atoms in total. The SMILES string of the molecule is COc1ccc(CC(NC(=O)C(C)NC(=O)OC(C)(C)C)C(=O)O)cc1. The Hall–Kier alpha value is -2.77. The van der Waals surface area contributed by atoms with Gasteiger partial charge in [0.1, 0.15) is 23.4 Å². The van der Waals surface area contributed by atoms with Gasteiger partial charge in [0.15, 0.2) is 0 Å². The van der Waals surface area contributed by atoms with Crippen LogP contribution in [0.25, 0.3) is 0 Å². The fourth-order valence-corrected chi connectivity index (χ4v) is 2.04. The summed E-state index contributed by atoms with van der Waals surface area (Å²) in [6.45, 7) is 6.55. The fraction of sp³-hybridized carbons (Fsp3) is 0.500. The molecule has 0 fully saturated rings. The molecule has 1 rings (SSSR count). The Labute approximate surface area is 152 Å². The van der Waals surface area contributed by atoms with E-state index in [9.17, 15) is 19.5 Å². The standard InChI is InChI=1S/C18H26N2O6/c1-11(19-17(24)26-18(2,3)4)15(21)20-14(16(22)23)10-12-6-8-13(25-5)9-7-12/h6-9,11,14H,10H2,1-5H3,(H,19,24)(H,20,21)(H,22,23). The summed E-state index contributed by atoms with van der Waals surface area (Å²) in [5, 5.41) is 14.1. The predicted molar refractivity (Wildman–Crippen MR) is 95.1 cm³/mol. The number of methoxy groups -OCH3 is 1. The van der Waals surface area contributed by atoms with E-state index in [0.29, 0.717) is 5.75 Å². The van der Waals surface area contributed by atoms with Crippen LogP contribution in [0.1, 0.15) is 33.3 Å². The van der Waals surface area contributed by atoms with Gasteiger partial charge in [-0.2, -0.15) is 0 Å². The third kappa shape index (κ3) is 7.42. The number of hydrogen-bond donors (Lipinski definition) is 3. The van der Waals surface area contributed by atoms with Gasteiger partial charge in [-0.15, -0.1) is 0 Å². The number of hydrogen-bond acceptors (Lipinski definition) is 5. The van der Waals surface area contributed by atoms with Gasteiger partial charge in [0, 0.05) is 6.42 Å². The van der Waals surface area contributed by atoms with Crippen molar-refractivity contribution in [1.29, 1.82) is 0 Å². The summed E-state index contributed by atoms with van der Waals surface area (Å²) in [6, 6.07) is 4.80. The van der Waals surface area contributed by atoms with E-state index >= 15 is 0 Å². The van der Waals surface area contributed by atoms with Crippen molar-refractivity contribution < 1.29 is 29.0 Å². The Kier molecular flexibility index (Phi) is 7.42. The number of carbonyl (C=O) groups is 3. The molecule has 3 N–H and O–H groups in total. The zero-order chi connectivity index (χ0) is 19.9. The van der Waals surface area contributed by atoms with Crippen LogP contribution >= 0.6 is 0 Å². The lowest BCUT2D eigenvalue weighted by molar-refractivity contribution is -0.142. The first kappa shape index (κ1) is 21.3. The highest BCUT2D eigenvalue weighted by Gasteiger charge is 2.25. The molecule has 144 valence electrons. The minimum atomic E-state index is -1.17. The Morgan fingerprint density at radius 2 is 1.69 bits per heavy atom. The van der Waals surface area contributed by atoms with Crippen LogP contribution in [0.3, 0.4) is 0 Å². The average Bonchev–Trinajstić information content (AvgIpc) is 2.52. The highest BCUT2D eigenvalue weighted by molar-refractivity contribution is 5.89. The van der Waals surface area contributed by atoms with E-state index in [0.717, 1.165) is 5.56 Å². The Morgan fingerprint density at radius 1 is 1.12 bits per heavy atom. The number of carboxylic acid groups (broad SMARTS) is 1. The second-order valence-corrected chi connectivity index (χ2v) is 6.82. The zero-order valence-electron chi connectivity index (χ0n) is 15.7. The molecular weight excluding hydrogens is 340 g/mol. The Balaban J connectivity index is 2.66. The highest BCUT2D eigenvalue weighted by atomic mass is 16.6. The number of carbonyl (C=O) groups excluding carboxylic acids is 2. The lowest BCUT2D eigenvalue weighted by Crippen LogP contribution is -2.51. The lowest BCUT2D eigenvalue weighted by Gasteiger charge is -2.22. The molecule has 0 aliphatic rings. The summed E-state index contributed by atoms with van der Waals surface area (Å²) in [4.78, 5) is 35.3. The number of benzene rings is 1. The summed E-state index contributed by atoms with van der Waals surface area (Å²) < 4.78 is 10.1. The number of nitrogens with one attached hydrogen (secondary N) is 2. The smallest absolute Gasteiger partial charge is 0.408 e. The fourth-order valence-electron chi connectivity index (χ4n) is 2.04. The first-order chi connectivity index (χ1) is 12.0. The van der Waals surface area contributed by atoms with E-state index in [2.05, 4.69) is 10.6 Å². The molecule has 0 aliphatic heterocycles. The maximum atomic E-state index is 12.2. The van der Waals surface area contributed by atoms with Gasteiger partial charge >= 0.3 is 12.1 Å². The van der Waals surface area contributed by atoms with Gasteiger partial charge in [0.2, 0.25) is 5.91 Å². The number of alkyl carbamates (subject to hydrolysis) is 1. The van der Waals surface area contributed by atoms with Crippen molar-refractivity contribution in [3.8, 4) is 5.75 Å². The number of carboxylic acids is 1. The molecule has 0 bridgehead atoms. The van der Waals surface area contributed by atoms with Crippen LogP contribution in [-0.4, -0.2) is 47.9 Å². The molecule has 2 atom stereocenters. The van der Waals surface area contributed by atoms with Gasteiger partial charge in [-0.3, -0.25) is 4.79 Å². The monoisotopic (exact) mass is 366 g/mol. The summed E-state index contributed by atoms with van der Waals surface area (Å²) in [6.07, 6.45) is -0.647. The molecule has 8 heteroatoms. The van der Waals surface area contributed by atoms with Crippen LogP contribution in [-0.2, 0) is 20.7 Å². The molecule has 0 heterocycles.